The largest absolute Gasteiger partial charge is 0.339 e. The van der Waals surface area contributed by atoms with Gasteiger partial charge in [0.1, 0.15) is 17.2 Å². The van der Waals surface area contributed by atoms with Gasteiger partial charge in [0.05, 0.1) is 23.9 Å². The number of amides is 2. The Labute approximate surface area is 182 Å². The Morgan fingerprint density at radius 2 is 1.87 bits per heavy atom. The first kappa shape index (κ1) is 21.2. The number of carbonyl (C=O) groups is 2. The molecule has 1 aliphatic heterocycles. The number of piperazine rings is 1. The molecule has 1 fully saturated rings. The van der Waals surface area contributed by atoms with E-state index in [9.17, 15) is 14.0 Å². The second kappa shape index (κ2) is 9.40. The summed E-state index contributed by atoms with van der Waals surface area (Å²) in [5, 5.41) is 8.51. The van der Waals surface area contributed by atoms with Crippen LogP contribution in [-0.4, -0.2) is 79.8 Å². The average Bonchev–Trinajstić information content (AvgIpc) is 3.15. The van der Waals surface area contributed by atoms with Crippen molar-refractivity contribution in [3.63, 3.8) is 0 Å². The SMILES string of the molecule is Cn1ncc2c(SCC(=O)N3CCN(CC(=O)Nc4ccc(F)cc4)CC3)ncnc21. The van der Waals surface area contributed by atoms with Crippen LogP contribution >= 0.6 is 11.8 Å². The molecular weight excluding hydrogens is 421 g/mol. The van der Waals surface area contributed by atoms with Crippen molar-refractivity contribution in [2.75, 3.05) is 43.8 Å². The molecule has 0 spiro atoms. The molecule has 1 N–H and O–H groups in total. The third-order valence-electron chi connectivity index (χ3n) is 5.05. The number of aryl methyl sites for hydroxylation is 1. The molecule has 9 nitrogen and oxygen atoms in total. The average molecular weight is 444 g/mol. The second-order valence-corrected chi connectivity index (χ2v) is 8.15. The molecule has 2 aromatic heterocycles. The van der Waals surface area contributed by atoms with Crippen LogP contribution in [0.1, 0.15) is 0 Å². The number of hydrogen-bond donors (Lipinski definition) is 1. The summed E-state index contributed by atoms with van der Waals surface area (Å²) < 4.78 is 14.6. The number of nitrogens with zero attached hydrogens (tertiary/aromatic N) is 6. The smallest absolute Gasteiger partial charge is 0.238 e. The van der Waals surface area contributed by atoms with Gasteiger partial charge in [0.2, 0.25) is 11.8 Å². The van der Waals surface area contributed by atoms with Gasteiger partial charge >= 0.3 is 0 Å². The molecule has 2 amide bonds. The lowest BCUT2D eigenvalue weighted by Crippen LogP contribution is -2.50. The van der Waals surface area contributed by atoms with Crippen LogP contribution in [-0.2, 0) is 16.6 Å². The molecule has 1 aromatic carbocycles. The van der Waals surface area contributed by atoms with Crippen LogP contribution in [0.2, 0.25) is 0 Å². The van der Waals surface area contributed by atoms with Gasteiger partial charge in [-0.05, 0) is 24.3 Å². The second-order valence-electron chi connectivity index (χ2n) is 7.18. The normalized spacial score (nSPS) is 14.7. The molecule has 11 heteroatoms. The van der Waals surface area contributed by atoms with E-state index in [0.717, 1.165) is 16.1 Å². The molecule has 0 atom stereocenters. The molecule has 1 saturated heterocycles. The molecule has 1 aliphatic rings. The summed E-state index contributed by atoms with van der Waals surface area (Å²) in [5.41, 5.74) is 1.29. The molecule has 0 unspecified atom stereocenters. The third-order valence-corrected chi connectivity index (χ3v) is 6.04. The number of anilines is 1. The highest BCUT2D eigenvalue weighted by Gasteiger charge is 2.23. The standard InChI is InChI=1S/C20H22FN7O2S/c1-26-19-16(10-24-26)20(23-13-22-19)31-12-18(30)28-8-6-27(7-9-28)11-17(29)25-15-4-2-14(21)3-5-15/h2-5,10,13H,6-9,11-12H2,1H3,(H,25,29). The molecule has 162 valence electrons. The van der Waals surface area contributed by atoms with Gasteiger partial charge in [-0.2, -0.15) is 5.10 Å². The highest BCUT2D eigenvalue weighted by molar-refractivity contribution is 8.00. The number of rotatable bonds is 6. The fraction of sp³-hybridized carbons (Fsp3) is 0.350. The van der Waals surface area contributed by atoms with Crippen LogP contribution in [0.3, 0.4) is 0 Å². The lowest BCUT2D eigenvalue weighted by molar-refractivity contribution is -0.130. The van der Waals surface area contributed by atoms with Crippen LogP contribution in [0, 0.1) is 5.82 Å². The third kappa shape index (κ3) is 5.17. The van der Waals surface area contributed by atoms with Crippen molar-refractivity contribution < 1.29 is 14.0 Å². The lowest BCUT2D eigenvalue weighted by Gasteiger charge is -2.34. The maximum Gasteiger partial charge on any atom is 0.238 e. The summed E-state index contributed by atoms with van der Waals surface area (Å²) in [4.78, 5) is 37.1. The first-order valence-corrected chi connectivity index (χ1v) is 10.8. The molecule has 3 aromatic rings. The van der Waals surface area contributed by atoms with Crippen LogP contribution in [0.15, 0.2) is 41.8 Å². The molecule has 0 radical (unpaired) electrons. The summed E-state index contributed by atoms with van der Waals surface area (Å²) >= 11 is 1.38. The molecule has 0 bridgehead atoms. The number of fused-ring (bicyclic) bond motifs is 1. The first-order valence-electron chi connectivity index (χ1n) is 9.80. The Bertz CT molecular complexity index is 1080. The Balaban J connectivity index is 1.23. The molecular formula is C20H22FN7O2S. The van der Waals surface area contributed by atoms with Crippen molar-refractivity contribution in [1.82, 2.24) is 29.5 Å². The Kier molecular flexibility index (Phi) is 6.42. The van der Waals surface area contributed by atoms with Crippen molar-refractivity contribution in [2.24, 2.45) is 7.05 Å². The van der Waals surface area contributed by atoms with Gasteiger partial charge in [-0.3, -0.25) is 19.2 Å². The minimum Gasteiger partial charge on any atom is -0.339 e. The number of halogens is 1. The topological polar surface area (TPSA) is 96.2 Å². The Morgan fingerprint density at radius 1 is 1.13 bits per heavy atom. The van der Waals surface area contributed by atoms with Crippen molar-refractivity contribution >= 4 is 40.3 Å². The van der Waals surface area contributed by atoms with Gasteiger partial charge < -0.3 is 10.2 Å². The quantitative estimate of drug-likeness (QED) is 0.454. The fourth-order valence-electron chi connectivity index (χ4n) is 3.37. The lowest BCUT2D eigenvalue weighted by atomic mass is 10.3. The first-order chi connectivity index (χ1) is 15.0. The van der Waals surface area contributed by atoms with E-state index in [4.69, 9.17) is 0 Å². The van der Waals surface area contributed by atoms with E-state index in [1.807, 2.05) is 16.8 Å². The van der Waals surface area contributed by atoms with Crippen molar-refractivity contribution in [2.45, 2.75) is 5.03 Å². The summed E-state index contributed by atoms with van der Waals surface area (Å²) in [5.74, 6) is -0.185. The number of hydrogen-bond acceptors (Lipinski definition) is 7. The van der Waals surface area contributed by atoms with Gasteiger partial charge in [0, 0.05) is 38.9 Å². The van der Waals surface area contributed by atoms with Gasteiger partial charge in [-0.25, -0.2) is 14.4 Å². The van der Waals surface area contributed by atoms with E-state index in [1.54, 1.807) is 10.9 Å². The van der Waals surface area contributed by atoms with Crippen molar-refractivity contribution in [1.29, 1.82) is 0 Å². The van der Waals surface area contributed by atoms with E-state index in [1.165, 1.54) is 42.4 Å². The van der Waals surface area contributed by atoms with Crippen LogP contribution in [0.5, 0.6) is 0 Å². The van der Waals surface area contributed by atoms with Gasteiger partial charge in [0.25, 0.3) is 0 Å². The Morgan fingerprint density at radius 3 is 2.61 bits per heavy atom. The summed E-state index contributed by atoms with van der Waals surface area (Å²) in [6.45, 7) is 2.60. The molecule has 4 rings (SSSR count). The summed E-state index contributed by atoms with van der Waals surface area (Å²) in [6.07, 6.45) is 3.19. The van der Waals surface area contributed by atoms with Crippen LogP contribution in [0.4, 0.5) is 10.1 Å². The zero-order valence-electron chi connectivity index (χ0n) is 17.0. The van der Waals surface area contributed by atoms with Gasteiger partial charge in [-0.15, -0.1) is 0 Å². The number of aromatic nitrogens is 4. The van der Waals surface area contributed by atoms with E-state index in [-0.39, 0.29) is 29.9 Å². The molecule has 31 heavy (non-hydrogen) atoms. The maximum atomic E-state index is 13.0. The zero-order chi connectivity index (χ0) is 21.8. The number of thioether (sulfide) groups is 1. The van der Waals surface area contributed by atoms with E-state index >= 15 is 0 Å². The van der Waals surface area contributed by atoms with Crippen molar-refractivity contribution in [3.05, 3.63) is 42.6 Å². The predicted molar refractivity (Wildman–Crippen MR) is 115 cm³/mol. The van der Waals surface area contributed by atoms with E-state index < -0.39 is 0 Å². The fourth-order valence-corrected chi connectivity index (χ4v) is 4.23. The van der Waals surface area contributed by atoms with E-state index in [0.29, 0.717) is 31.9 Å². The minimum absolute atomic E-state index is 0.0380. The number of nitrogens with one attached hydrogen (secondary N) is 1. The van der Waals surface area contributed by atoms with Crippen molar-refractivity contribution in [3.8, 4) is 0 Å². The Hall–Kier alpha value is -3.05. The highest BCUT2D eigenvalue weighted by atomic mass is 32.2. The predicted octanol–water partition coefficient (Wildman–Crippen LogP) is 1.38. The number of carbonyl (C=O) groups excluding carboxylic acids is 2. The minimum atomic E-state index is -0.346. The zero-order valence-corrected chi connectivity index (χ0v) is 17.8. The summed E-state index contributed by atoms with van der Waals surface area (Å²) in [7, 11) is 1.81. The van der Waals surface area contributed by atoms with Crippen LogP contribution in [0.25, 0.3) is 11.0 Å². The van der Waals surface area contributed by atoms with Crippen LogP contribution < -0.4 is 5.32 Å². The summed E-state index contributed by atoms with van der Waals surface area (Å²) in [6, 6.07) is 5.66. The van der Waals surface area contributed by atoms with Gasteiger partial charge in [0.15, 0.2) is 5.65 Å². The number of benzene rings is 1. The monoisotopic (exact) mass is 443 g/mol. The van der Waals surface area contributed by atoms with E-state index in [2.05, 4.69) is 20.4 Å². The molecule has 0 aliphatic carbocycles. The van der Waals surface area contributed by atoms with Gasteiger partial charge in [-0.1, -0.05) is 11.8 Å². The maximum absolute atomic E-state index is 13.0. The molecule has 3 heterocycles. The highest BCUT2D eigenvalue weighted by Crippen LogP contribution is 2.24. The molecule has 0 saturated carbocycles.